The van der Waals surface area contributed by atoms with Crippen LogP contribution >= 0.6 is 0 Å². The molecule has 210 valence electrons. The van der Waals surface area contributed by atoms with Gasteiger partial charge in [-0.15, -0.1) is 0 Å². The van der Waals surface area contributed by atoms with E-state index in [2.05, 4.69) is 10.6 Å². The van der Waals surface area contributed by atoms with Crippen molar-refractivity contribution in [2.45, 2.75) is 122 Å². The fraction of sp³-hybridized carbons (Fsp3) is 0.700. The molecule has 1 aromatic rings. The summed E-state index contributed by atoms with van der Waals surface area (Å²) in [6, 6.07) is 9.67. The Balaban J connectivity index is 1.76. The molecule has 0 aliphatic heterocycles. The van der Waals surface area contributed by atoms with Crippen molar-refractivity contribution in [3.8, 4) is 0 Å². The number of alkyl carbamates (subject to hydrolysis) is 1. The van der Waals surface area contributed by atoms with Crippen LogP contribution in [0.3, 0.4) is 0 Å². The van der Waals surface area contributed by atoms with Crippen LogP contribution in [0, 0.1) is 0 Å². The number of benzene rings is 1. The van der Waals surface area contributed by atoms with Crippen molar-refractivity contribution in [3.05, 3.63) is 35.9 Å². The Labute approximate surface area is 224 Å². The lowest BCUT2D eigenvalue weighted by molar-refractivity contribution is -0.137. The van der Waals surface area contributed by atoms with Crippen LogP contribution < -0.4 is 10.6 Å². The van der Waals surface area contributed by atoms with Gasteiger partial charge in [-0.2, -0.15) is 0 Å². The van der Waals surface area contributed by atoms with Gasteiger partial charge in [-0.3, -0.25) is 9.59 Å². The number of amides is 2. The molecule has 0 radical (unpaired) electrons. The van der Waals surface area contributed by atoms with E-state index in [1.807, 2.05) is 30.3 Å². The molecule has 1 aromatic carbocycles. The number of nitrogens with one attached hydrogen (secondary N) is 2. The third-order valence-corrected chi connectivity index (χ3v) is 6.45. The Kier molecular flexibility index (Phi) is 20.9. The first-order valence-corrected chi connectivity index (χ1v) is 14.5. The van der Waals surface area contributed by atoms with E-state index in [9.17, 15) is 14.4 Å². The number of carboxylic acid groups (broad SMARTS) is 1. The molecule has 7 nitrogen and oxygen atoms in total. The molecule has 0 unspecified atom stereocenters. The molecule has 0 aromatic heterocycles. The molecule has 0 fully saturated rings. The first-order valence-electron chi connectivity index (χ1n) is 14.5. The molecule has 3 N–H and O–H groups in total. The van der Waals surface area contributed by atoms with Crippen LogP contribution in [-0.2, 0) is 20.9 Å². The second kappa shape index (κ2) is 23.8. The summed E-state index contributed by atoms with van der Waals surface area (Å²) < 4.78 is 5.20. The van der Waals surface area contributed by atoms with Crippen LogP contribution in [0.5, 0.6) is 0 Å². The van der Waals surface area contributed by atoms with Gasteiger partial charge in [0.05, 0.1) is 0 Å². The van der Waals surface area contributed by atoms with Crippen molar-refractivity contribution < 1.29 is 24.2 Å². The van der Waals surface area contributed by atoms with E-state index < -0.39 is 5.97 Å². The Morgan fingerprint density at radius 3 is 1.59 bits per heavy atom. The number of hydrogen-bond acceptors (Lipinski definition) is 4. The topological polar surface area (TPSA) is 105 Å². The van der Waals surface area contributed by atoms with Crippen LogP contribution in [0.2, 0.25) is 0 Å². The largest absolute Gasteiger partial charge is 0.481 e. The Hall–Kier alpha value is -2.57. The number of carbonyl (C=O) groups excluding carboxylic acids is 2. The summed E-state index contributed by atoms with van der Waals surface area (Å²) in [5, 5.41) is 14.4. The number of unbranched alkanes of at least 4 members (excludes halogenated alkanes) is 14. The monoisotopic (exact) mass is 518 g/mol. The molecule has 0 saturated carbocycles. The predicted octanol–water partition coefficient (Wildman–Crippen LogP) is 7.14. The highest BCUT2D eigenvalue weighted by atomic mass is 16.5. The van der Waals surface area contributed by atoms with Gasteiger partial charge < -0.3 is 20.5 Å². The number of ether oxygens (including phenoxy) is 1. The van der Waals surface area contributed by atoms with Gasteiger partial charge in [0.2, 0.25) is 5.91 Å². The van der Waals surface area contributed by atoms with Crippen LogP contribution in [0.4, 0.5) is 4.79 Å². The van der Waals surface area contributed by atoms with Crippen LogP contribution in [-0.4, -0.2) is 36.2 Å². The zero-order valence-corrected chi connectivity index (χ0v) is 22.8. The van der Waals surface area contributed by atoms with E-state index in [0.717, 1.165) is 69.9 Å². The minimum atomic E-state index is -0.698. The summed E-state index contributed by atoms with van der Waals surface area (Å²) in [6.45, 7) is 1.73. The zero-order chi connectivity index (χ0) is 26.8. The summed E-state index contributed by atoms with van der Waals surface area (Å²) in [5.74, 6) is -0.524. The summed E-state index contributed by atoms with van der Waals surface area (Å²) in [6.07, 6.45) is 18.1. The molecule has 0 heterocycles. The molecule has 0 aliphatic rings. The summed E-state index contributed by atoms with van der Waals surface area (Å²) in [5.41, 5.74) is 0.986. The van der Waals surface area contributed by atoms with E-state index in [-0.39, 0.29) is 18.4 Å². The number of hydrogen-bond donors (Lipinski definition) is 3. The van der Waals surface area contributed by atoms with Crippen molar-refractivity contribution in [1.82, 2.24) is 10.6 Å². The number of carbonyl (C=O) groups is 3. The molecule has 2 amide bonds. The average Bonchev–Trinajstić information content (AvgIpc) is 2.89. The maximum Gasteiger partial charge on any atom is 0.407 e. The highest BCUT2D eigenvalue weighted by Gasteiger charge is 2.03. The molecule has 0 bridgehead atoms. The first kappa shape index (κ1) is 32.5. The number of carboxylic acids is 1. The van der Waals surface area contributed by atoms with Gasteiger partial charge in [0, 0.05) is 25.9 Å². The van der Waals surface area contributed by atoms with E-state index in [4.69, 9.17) is 9.84 Å². The summed E-state index contributed by atoms with van der Waals surface area (Å²) in [4.78, 5) is 34.1. The van der Waals surface area contributed by atoms with Crippen molar-refractivity contribution in [2.24, 2.45) is 0 Å². The van der Waals surface area contributed by atoms with Crippen LogP contribution in [0.15, 0.2) is 30.3 Å². The SMILES string of the molecule is O=C(O)CCCCCCCCCCNC(=O)CCCCCCCCCCNC(=O)OCc1ccccc1. The molecule has 0 atom stereocenters. The fourth-order valence-electron chi connectivity index (χ4n) is 4.21. The summed E-state index contributed by atoms with van der Waals surface area (Å²) >= 11 is 0. The minimum Gasteiger partial charge on any atom is -0.481 e. The van der Waals surface area contributed by atoms with Gasteiger partial charge in [-0.25, -0.2) is 4.79 Å². The third-order valence-electron chi connectivity index (χ3n) is 6.45. The maximum absolute atomic E-state index is 11.9. The van der Waals surface area contributed by atoms with E-state index in [1.54, 1.807) is 0 Å². The second-order valence-corrected chi connectivity index (χ2v) is 9.89. The molecule has 7 heteroatoms. The zero-order valence-electron chi connectivity index (χ0n) is 22.8. The Morgan fingerprint density at radius 1 is 0.595 bits per heavy atom. The standard InChI is InChI=1S/C30H50N2O5/c33-28(31-24-18-11-7-4-2-6-10-17-23-29(34)35)22-16-9-5-1-3-8-12-19-25-32-30(36)37-26-27-20-14-13-15-21-27/h13-15,20-21H,1-12,16-19,22-26H2,(H,31,33)(H,32,36)(H,34,35). The molecule has 0 saturated heterocycles. The van der Waals surface area contributed by atoms with Crippen molar-refractivity contribution in [1.29, 1.82) is 0 Å². The molecule has 1 rings (SSSR count). The lowest BCUT2D eigenvalue weighted by Crippen LogP contribution is -2.25. The van der Waals surface area contributed by atoms with E-state index in [0.29, 0.717) is 19.6 Å². The number of rotatable bonds is 24. The van der Waals surface area contributed by atoms with E-state index >= 15 is 0 Å². The van der Waals surface area contributed by atoms with Crippen molar-refractivity contribution >= 4 is 18.0 Å². The lowest BCUT2D eigenvalue weighted by Gasteiger charge is -2.07. The molecule has 0 aliphatic carbocycles. The van der Waals surface area contributed by atoms with Gasteiger partial charge in [-0.1, -0.05) is 107 Å². The second-order valence-electron chi connectivity index (χ2n) is 9.89. The van der Waals surface area contributed by atoms with Crippen LogP contribution in [0.1, 0.15) is 121 Å². The number of aliphatic carboxylic acids is 1. The molecule has 37 heavy (non-hydrogen) atoms. The third kappa shape index (κ3) is 22.4. The van der Waals surface area contributed by atoms with Gasteiger partial charge in [0.1, 0.15) is 6.61 Å². The molecular weight excluding hydrogens is 468 g/mol. The highest BCUT2D eigenvalue weighted by molar-refractivity contribution is 5.75. The van der Waals surface area contributed by atoms with Gasteiger partial charge in [0.15, 0.2) is 0 Å². The Morgan fingerprint density at radius 2 is 1.05 bits per heavy atom. The highest BCUT2D eigenvalue weighted by Crippen LogP contribution is 2.11. The minimum absolute atomic E-state index is 0.174. The van der Waals surface area contributed by atoms with Crippen molar-refractivity contribution in [2.75, 3.05) is 13.1 Å². The quantitative estimate of drug-likeness (QED) is 0.126. The molecular formula is C30H50N2O5. The average molecular weight is 519 g/mol. The summed E-state index contributed by atoms with van der Waals surface area (Å²) in [7, 11) is 0. The van der Waals surface area contributed by atoms with Gasteiger partial charge in [-0.05, 0) is 31.2 Å². The molecule has 0 spiro atoms. The smallest absolute Gasteiger partial charge is 0.407 e. The lowest BCUT2D eigenvalue weighted by atomic mass is 10.1. The maximum atomic E-state index is 11.9. The van der Waals surface area contributed by atoms with Gasteiger partial charge >= 0.3 is 12.1 Å². The van der Waals surface area contributed by atoms with Gasteiger partial charge in [0.25, 0.3) is 0 Å². The van der Waals surface area contributed by atoms with Crippen molar-refractivity contribution in [3.63, 3.8) is 0 Å². The normalized spacial score (nSPS) is 10.7. The Bertz CT molecular complexity index is 711. The van der Waals surface area contributed by atoms with E-state index in [1.165, 1.54) is 44.9 Å². The fourth-order valence-corrected chi connectivity index (χ4v) is 4.21. The first-order chi connectivity index (χ1) is 18.1. The van der Waals surface area contributed by atoms with Crippen LogP contribution in [0.25, 0.3) is 0 Å². The predicted molar refractivity (Wildman–Crippen MR) is 148 cm³/mol.